The van der Waals surface area contributed by atoms with Gasteiger partial charge in [0.05, 0.1) is 7.11 Å². The number of ether oxygens (including phenoxy) is 1. The number of nitrogens with two attached hydrogens (primary N) is 1. The lowest BCUT2D eigenvalue weighted by molar-refractivity contribution is 0.217. The molecule has 1 aliphatic carbocycles. The summed E-state index contributed by atoms with van der Waals surface area (Å²) in [6.45, 7) is 6.40. The Bertz CT molecular complexity index is 472. The third kappa shape index (κ3) is 3.14. The van der Waals surface area contributed by atoms with Crippen molar-refractivity contribution in [2.75, 3.05) is 7.11 Å². The van der Waals surface area contributed by atoms with E-state index in [1.165, 1.54) is 19.3 Å². The van der Waals surface area contributed by atoms with Gasteiger partial charge < -0.3 is 10.5 Å². The average molecular weight is 276 g/mol. The number of hydrogen-bond donors (Lipinski definition) is 1. The summed E-state index contributed by atoms with van der Waals surface area (Å²) in [5, 5.41) is 0. The van der Waals surface area contributed by atoms with Crippen LogP contribution in [0.1, 0.15) is 55.8 Å². The van der Waals surface area contributed by atoms with Crippen LogP contribution in [-0.4, -0.2) is 17.6 Å². The third-order valence-electron chi connectivity index (χ3n) is 4.83. The second kappa shape index (κ2) is 6.13. The van der Waals surface area contributed by atoms with Gasteiger partial charge in [0.15, 0.2) is 0 Å². The fourth-order valence-corrected chi connectivity index (χ4v) is 3.61. The van der Waals surface area contributed by atoms with Gasteiger partial charge in [0, 0.05) is 35.0 Å². The van der Waals surface area contributed by atoms with E-state index in [0.717, 1.165) is 47.8 Å². The van der Waals surface area contributed by atoms with Crippen LogP contribution < -0.4 is 10.5 Å². The minimum atomic E-state index is -0.0864. The molecule has 0 radical (unpaired) electrons. The highest BCUT2D eigenvalue weighted by molar-refractivity contribution is 5.41. The van der Waals surface area contributed by atoms with Crippen LogP contribution in [0.2, 0.25) is 0 Å². The third-order valence-corrected chi connectivity index (χ3v) is 4.83. The molecule has 3 heteroatoms. The summed E-state index contributed by atoms with van der Waals surface area (Å²) >= 11 is 0. The standard InChI is InChI=1S/C17H28N2O/c1-5-14-7-6-8-17(18,9-14)10-15-13(3)16(20-4)12(2)11-19-15/h11,14H,5-10,18H2,1-4H3. The number of aryl methyl sites for hydroxylation is 1. The highest BCUT2D eigenvalue weighted by Crippen LogP contribution is 2.36. The second-order valence-corrected chi connectivity index (χ2v) is 6.46. The number of rotatable bonds is 4. The molecule has 0 bridgehead atoms. The SMILES string of the molecule is CCC1CCCC(N)(Cc2ncc(C)c(OC)c2C)C1. The Hall–Kier alpha value is -1.09. The molecule has 0 aliphatic heterocycles. The van der Waals surface area contributed by atoms with Crippen LogP contribution in [0.25, 0.3) is 0 Å². The first-order valence-electron chi connectivity index (χ1n) is 7.77. The molecule has 2 atom stereocenters. The van der Waals surface area contributed by atoms with Crippen molar-refractivity contribution in [1.82, 2.24) is 4.98 Å². The predicted octanol–water partition coefficient (Wildman–Crippen LogP) is 3.55. The molecule has 1 aliphatic rings. The predicted molar refractivity (Wildman–Crippen MR) is 83.1 cm³/mol. The molecule has 1 saturated carbocycles. The summed E-state index contributed by atoms with van der Waals surface area (Å²) in [6, 6.07) is 0. The smallest absolute Gasteiger partial charge is 0.128 e. The Kier molecular flexibility index (Phi) is 4.69. The Morgan fingerprint density at radius 3 is 2.85 bits per heavy atom. The molecule has 1 aromatic rings. The molecule has 20 heavy (non-hydrogen) atoms. The first-order valence-corrected chi connectivity index (χ1v) is 7.77. The second-order valence-electron chi connectivity index (χ2n) is 6.46. The van der Waals surface area contributed by atoms with Crippen molar-refractivity contribution in [2.45, 2.75) is 64.8 Å². The Morgan fingerprint density at radius 1 is 1.45 bits per heavy atom. The van der Waals surface area contributed by atoms with E-state index in [0.29, 0.717) is 0 Å². The Morgan fingerprint density at radius 2 is 2.20 bits per heavy atom. The number of aromatic nitrogens is 1. The van der Waals surface area contributed by atoms with Crippen molar-refractivity contribution in [3.05, 3.63) is 23.0 Å². The molecule has 1 fully saturated rings. The fraction of sp³-hybridized carbons (Fsp3) is 0.706. The monoisotopic (exact) mass is 276 g/mol. The molecule has 2 unspecified atom stereocenters. The molecular formula is C17H28N2O. The van der Waals surface area contributed by atoms with Crippen LogP contribution in [0.4, 0.5) is 0 Å². The van der Waals surface area contributed by atoms with E-state index in [1.807, 2.05) is 13.1 Å². The van der Waals surface area contributed by atoms with Crippen molar-refractivity contribution >= 4 is 0 Å². The van der Waals surface area contributed by atoms with Crippen molar-refractivity contribution in [1.29, 1.82) is 0 Å². The van der Waals surface area contributed by atoms with Crippen LogP contribution in [-0.2, 0) is 6.42 Å². The minimum absolute atomic E-state index is 0.0864. The highest BCUT2D eigenvalue weighted by Gasteiger charge is 2.33. The lowest BCUT2D eigenvalue weighted by atomic mass is 9.73. The van der Waals surface area contributed by atoms with Gasteiger partial charge in [-0.25, -0.2) is 0 Å². The molecule has 112 valence electrons. The molecule has 0 amide bonds. The maximum absolute atomic E-state index is 6.67. The van der Waals surface area contributed by atoms with Gasteiger partial charge in [0.1, 0.15) is 5.75 Å². The van der Waals surface area contributed by atoms with E-state index in [2.05, 4.69) is 18.8 Å². The largest absolute Gasteiger partial charge is 0.496 e. The lowest BCUT2D eigenvalue weighted by Crippen LogP contribution is -2.46. The maximum Gasteiger partial charge on any atom is 0.128 e. The molecule has 1 aromatic heterocycles. The van der Waals surface area contributed by atoms with Crippen LogP contribution in [0.5, 0.6) is 5.75 Å². The zero-order valence-electron chi connectivity index (χ0n) is 13.3. The first-order chi connectivity index (χ1) is 9.49. The van der Waals surface area contributed by atoms with Gasteiger partial charge in [-0.2, -0.15) is 0 Å². The number of pyridine rings is 1. The van der Waals surface area contributed by atoms with Crippen molar-refractivity contribution in [3.8, 4) is 5.75 Å². The summed E-state index contributed by atoms with van der Waals surface area (Å²) < 4.78 is 5.50. The van der Waals surface area contributed by atoms with E-state index in [9.17, 15) is 0 Å². The van der Waals surface area contributed by atoms with Crippen LogP contribution >= 0.6 is 0 Å². The Labute approximate surface area is 122 Å². The molecule has 2 rings (SSSR count). The molecule has 0 spiro atoms. The van der Waals surface area contributed by atoms with E-state index in [4.69, 9.17) is 10.5 Å². The van der Waals surface area contributed by atoms with E-state index < -0.39 is 0 Å². The maximum atomic E-state index is 6.67. The van der Waals surface area contributed by atoms with Crippen LogP contribution in [0.3, 0.4) is 0 Å². The van der Waals surface area contributed by atoms with Crippen molar-refractivity contribution < 1.29 is 4.74 Å². The van der Waals surface area contributed by atoms with Gasteiger partial charge in [-0.1, -0.05) is 26.2 Å². The zero-order chi connectivity index (χ0) is 14.8. The number of hydrogen-bond acceptors (Lipinski definition) is 3. The number of nitrogens with zero attached hydrogens (tertiary/aromatic N) is 1. The van der Waals surface area contributed by atoms with Gasteiger partial charge in [0.25, 0.3) is 0 Å². The lowest BCUT2D eigenvalue weighted by Gasteiger charge is -2.38. The van der Waals surface area contributed by atoms with Crippen LogP contribution in [0.15, 0.2) is 6.20 Å². The molecule has 2 N–H and O–H groups in total. The molecule has 0 saturated heterocycles. The van der Waals surface area contributed by atoms with Gasteiger partial charge in [-0.15, -0.1) is 0 Å². The Balaban J connectivity index is 2.21. The topological polar surface area (TPSA) is 48.1 Å². The summed E-state index contributed by atoms with van der Waals surface area (Å²) in [4.78, 5) is 4.62. The molecule has 3 nitrogen and oxygen atoms in total. The first kappa shape index (κ1) is 15.3. The normalized spacial score (nSPS) is 26.6. The van der Waals surface area contributed by atoms with Gasteiger partial charge >= 0.3 is 0 Å². The fourth-order valence-electron chi connectivity index (χ4n) is 3.61. The molecular weight excluding hydrogens is 248 g/mol. The highest BCUT2D eigenvalue weighted by atomic mass is 16.5. The van der Waals surface area contributed by atoms with Gasteiger partial charge in [-0.3, -0.25) is 4.98 Å². The van der Waals surface area contributed by atoms with Gasteiger partial charge in [0.2, 0.25) is 0 Å². The van der Waals surface area contributed by atoms with E-state index >= 15 is 0 Å². The summed E-state index contributed by atoms with van der Waals surface area (Å²) in [5.74, 6) is 1.74. The average Bonchev–Trinajstić information content (AvgIpc) is 2.42. The minimum Gasteiger partial charge on any atom is -0.496 e. The van der Waals surface area contributed by atoms with E-state index in [-0.39, 0.29) is 5.54 Å². The summed E-state index contributed by atoms with van der Waals surface area (Å²) in [7, 11) is 1.73. The zero-order valence-corrected chi connectivity index (χ0v) is 13.3. The molecule has 1 heterocycles. The van der Waals surface area contributed by atoms with E-state index in [1.54, 1.807) is 7.11 Å². The quantitative estimate of drug-likeness (QED) is 0.915. The van der Waals surface area contributed by atoms with Crippen LogP contribution in [0, 0.1) is 19.8 Å². The summed E-state index contributed by atoms with van der Waals surface area (Å²) in [6.07, 6.45) is 8.83. The summed E-state index contributed by atoms with van der Waals surface area (Å²) in [5.41, 5.74) is 9.93. The van der Waals surface area contributed by atoms with Gasteiger partial charge in [-0.05, 0) is 32.6 Å². The number of methoxy groups -OCH3 is 1. The van der Waals surface area contributed by atoms with Crippen molar-refractivity contribution in [3.63, 3.8) is 0 Å². The molecule has 0 aromatic carbocycles. The van der Waals surface area contributed by atoms with Crippen molar-refractivity contribution in [2.24, 2.45) is 11.7 Å².